The Hall–Kier alpha value is -4.33. The number of rotatable bonds is 8. The Morgan fingerprint density at radius 1 is 1.09 bits per heavy atom. The zero-order chi connectivity index (χ0) is 24.8. The van der Waals surface area contributed by atoms with Crippen molar-refractivity contribution in [3.63, 3.8) is 0 Å². The second-order valence-corrected chi connectivity index (χ2v) is 7.98. The summed E-state index contributed by atoms with van der Waals surface area (Å²) in [5, 5.41) is 5.29. The van der Waals surface area contributed by atoms with Crippen LogP contribution in [0.25, 0.3) is 5.52 Å². The van der Waals surface area contributed by atoms with Crippen LogP contribution in [-0.2, 0) is 4.74 Å². The van der Waals surface area contributed by atoms with Crippen LogP contribution in [0.4, 0.5) is 10.7 Å². The molecule has 0 radical (unpaired) electrons. The maximum Gasteiger partial charge on any atom is 0.414 e. The first kappa shape index (κ1) is 23.8. The monoisotopic (exact) mass is 472 g/mol. The van der Waals surface area contributed by atoms with Gasteiger partial charge in [0.05, 0.1) is 23.9 Å². The van der Waals surface area contributed by atoms with Crippen LogP contribution in [0.2, 0.25) is 0 Å². The molecule has 0 spiro atoms. The molecule has 4 aromatic rings. The number of fused-ring (bicyclic) bond motifs is 1. The molecule has 0 bridgehead atoms. The molecule has 4 rings (SSSR count). The maximum atomic E-state index is 12.8. The van der Waals surface area contributed by atoms with Crippen LogP contribution in [0.1, 0.15) is 39.9 Å². The van der Waals surface area contributed by atoms with E-state index >= 15 is 0 Å². The highest BCUT2D eigenvalue weighted by atomic mass is 16.5. The van der Waals surface area contributed by atoms with E-state index in [1.54, 1.807) is 29.9 Å². The van der Waals surface area contributed by atoms with E-state index in [-0.39, 0.29) is 24.4 Å². The standard InChI is InChI=1S/C27H28N4O4/c1-4-34-24-14-20-15-29-26(31(20)16-22(24)25(32)28-3)30-27(33)35-17-23(19-11-6-5-7-12-19)21-13-9-8-10-18(21)2/h5-16,23H,4,17H2,1-3H3,(H,28,32)(H,29,30,33). The van der Waals surface area contributed by atoms with Gasteiger partial charge in [0.1, 0.15) is 12.4 Å². The molecule has 8 heteroatoms. The molecule has 0 fully saturated rings. The molecule has 0 saturated heterocycles. The number of anilines is 1. The Kier molecular flexibility index (Phi) is 7.30. The summed E-state index contributed by atoms with van der Waals surface area (Å²) < 4.78 is 12.9. The zero-order valence-electron chi connectivity index (χ0n) is 19.9. The first-order chi connectivity index (χ1) is 17.0. The van der Waals surface area contributed by atoms with Crippen LogP contribution in [0.15, 0.2) is 73.1 Å². The SMILES string of the molecule is CCOc1cc2cnc(NC(=O)OCC(c3ccccc3)c3ccccc3C)n2cc1C(=O)NC. The zero-order valence-corrected chi connectivity index (χ0v) is 19.9. The molecule has 1 unspecified atom stereocenters. The molecule has 2 amide bonds. The number of amides is 2. The summed E-state index contributed by atoms with van der Waals surface area (Å²) >= 11 is 0. The number of pyridine rings is 1. The van der Waals surface area contributed by atoms with Crippen LogP contribution >= 0.6 is 0 Å². The summed E-state index contributed by atoms with van der Waals surface area (Å²) in [5.41, 5.74) is 4.27. The highest BCUT2D eigenvalue weighted by Crippen LogP contribution is 2.28. The number of nitrogens with zero attached hydrogens (tertiary/aromatic N) is 2. The number of hydrogen-bond donors (Lipinski definition) is 2. The lowest BCUT2D eigenvalue weighted by Crippen LogP contribution is -2.21. The fourth-order valence-corrected chi connectivity index (χ4v) is 4.01. The first-order valence-corrected chi connectivity index (χ1v) is 11.4. The van der Waals surface area contributed by atoms with Gasteiger partial charge in [-0.05, 0) is 30.5 Å². The number of hydrogen-bond acceptors (Lipinski definition) is 5. The van der Waals surface area contributed by atoms with Crippen LogP contribution in [0.3, 0.4) is 0 Å². The van der Waals surface area contributed by atoms with Crippen LogP contribution in [0.5, 0.6) is 5.75 Å². The van der Waals surface area contributed by atoms with Gasteiger partial charge in [-0.25, -0.2) is 9.78 Å². The van der Waals surface area contributed by atoms with Gasteiger partial charge in [0, 0.05) is 25.2 Å². The quantitative estimate of drug-likeness (QED) is 0.385. The highest BCUT2D eigenvalue weighted by Gasteiger charge is 2.20. The van der Waals surface area contributed by atoms with Crippen molar-refractivity contribution in [2.45, 2.75) is 19.8 Å². The molecule has 2 aromatic carbocycles. The number of benzene rings is 2. The molecule has 180 valence electrons. The number of imidazole rings is 1. The van der Waals surface area contributed by atoms with Crippen molar-refractivity contribution in [2.75, 3.05) is 25.6 Å². The average Bonchev–Trinajstić information content (AvgIpc) is 3.26. The smallest absolute Gasteiger partial charge is 0.414 e. The molecule has 2 heterocycles. The number of aryl methyl sites for hydroxylation is 1. The van der Waals surface area contributed by atoms with Crippen LogP contribution in [-0.4, -0.2) is 41.6 Å². The van der Waals surface area contributed by atoms with E-state index in [9.17, 15) is 9.59 Å². The lowest BCUT2D eigenvalue weighted by Gasteiger charge is -2.20. The van der Waals surface area contributed by atoms with E-state index in [2.05, 4.69) is 15.6 Å². The Bertz CT molecular complexity index is 1330. The van der Waals surface area contributed by atoms with E-state index in [1.807, 2.05) is 68.4 Å². The molecular formula is C27H28N4O4. The van der Waals surface area contributed by atoms with E-state index in [0.717, 1.165) is 16.7 Å². The fraction of sp³-hybridized carbons (Fsp3) is 0.222. The summed E-state index contributed by atoms with van der Waals surface area (Å²) in [6.07, 6.45) is 2.54. The van der Waals surface area contributed by atoms with Gasteiger partial charge >= 0.3 is 6.09 Å². The number of ether oxygens (including phenoxy) is 2. The van der Waals surface area contributed by atoms with Crippen molar-refractivity contribution in [1.82, 2.24) is 14.7 Å². The normalized spacial score (nSPS) is 11.6. The third-order valence-corrected chi connectivity index (χ3v) is 5.76. The topological polar surface area (TPSA) is 94.0 Å². The van der Waals surface area contributed by atoms with E-state index in [4.69, 9.17) is 9.47 Å². The minimum atomic E-state index is -0.637. The number of carbonyl (C=O) groups is 2. The molecule has 0 aliphatic rings. The van der Waals surface area contributed by atoms with Crippen molar-refractivity contribution in [2.24, 2.45) is 0 Å². The van der Waals surface area contributed by atoms with E-state index in [0.29, 0.717) is 23.4 Å². The summed E-state index contributed by atoms with van der Waals surface area (Å²) in [7, 11) is 1.55. The Balaban J connectivity index is 1.55. The Morgan fingerprint density at radius 3 is 2.54 bits per heavy atom. The van der Waals surface area contributed by atoms with Crippen molar-refractivity contribution in [3.8, 4) is 5.75 Å². The Labute approximate surface area is 203 Å². The lowest BCUT2D eigenvalue weighted by atomic mass is 9.89. The second kappa shape index (κ2) is 10.7. The van der Waals surface area contributed by atoms with Crippen LogP contribution in [0, 0.1) is 6.92 Å². The number of aromatic nitrogens is 2. The molecule has 0 aliphatic heterocycles. The summed E-state index contributed by atoms with van der Waals surface area (Å²) in [4.78, 5) is 29.4. The molecule has 8 nitrogen and oxygen atoms in total. The highest BCUT2D eigenvalue weighted by molar-refractivity contribution is 5.97. The van der Waals surface area contributed by atoms with Gasteiger partial charge in [0.15, 0.2) is 0 Å². The van der Waals surface area contributed by atoms with Gasteiger partial charge in [0.2, 0.25) is 5.95 Å². The fourth-order valence-electron chi connectivity index (χ4n) is 4.01. The van der Waals surface area contributed by atoms with Gasteiger partial charge < -0.3 is 14.8 Å². The lowest BCUT2D eigenvalue weighted by molar-refractivity contribution is 0.0959. The minimum Gasteiger partial charge on any atom is -0.493 e. The van der Waals surface area contributed by atoms with Crippen molar-refractivity contribution in [3.05, 3.63) is 95.3 Å². The van der Waals surface area contributed by atoms with Crippen molar-refractivity contribution in [1.29, 1.82) is 0 Å². The van der Waals surface area contributed by atoms with Gasteiger partial charge in [-0.3, -0.25) is 14.5 Å². The van der Waals surface area contributed by atoms with Gasteiger partial charge in [-0.15, -0.1) is 0 Å². The van der Waals surface area contributed by atoms with Crippen LogP contribution < -0.4 is 15.4 Å². The predicted molar refractivity (Wildman–Crippen MR) is 134 cm³/mol. The molecular weight excluding hydrogens is 444 g/mol. The van der Waals surface area contributed by atoms with Gasteiger partial charge in [0.25, 0.3) is 5.91 Å². The largest absolute Gasteiger partial charge is 0.493 e. The van der Waals surface area contributed by atoms with E-state index in [1.165, 1.54) is 0 Å². The maximum absolute atomic E-state index is 12.8. The third kappa shape index (κ3) is 5.27. The van der Waals surface area contributed by atoms with Gasteiger partial charge in [-0.1, -0.05) is 54.6 Å². The minimum absolute atomic E-state index is 0.117. The first-order valence-electron chi connectivity index (χ1n) is 11.4. The predicted octanol–water partition coefficient (Wildman–Crippen LogP) is 4.78. The third-order valence-electron chi connectivity index (χ3n) is 5.76. The summed E-state index contributed by atoms with van der Waals surface area (Å²) in [6, 6.07) is 19.7. The number of nitrogens with one attached hydrogen (secondary N) is 2. The molecule has 0 aliphatic carbocycles. The van der Waals surface area contributed by atoms with Crippen molar-refractivity contribution >= 4 is 23.5 Å². The summed E-state index contributed by atoms with van der Waals surface area (Å²) in [5.74, 6) is 0.262. The van der Waals surface area contributed by atoms with E-state index < -0.39 is 6.09 Å². The molecule has 35 heavy (non-hydrogen) atoms. The molecule has 1 atom stereocenters. The summed E-state index contributed by atoms with van der Waals surface area (Å²) in [6.45, 7) is 4.45. The van der Waals surface area contributed by atoms with Crippen molar-refractivity contribution < 1.29 is 19.1 Å². The molecule has 2 aromatic heterocycles. The molecule has 2 N–H and O–H groups in total. The van der Waals surface area contributed by atoms with Gasteiger partial charge in [-0.2, -0.15) is 0 Å². The molecule has 0 saturated carbocycles. The number of carbonyl (C=O) groups excluding carboxylic acids is 2. The Morgan fingerprint density at radius 2 is 1.83 bits per heavy atom. The second-order valence-electron chi connectivity index (χ2n) is 7.98. The average molecular weight is 473 g/mol.